The minimum absolute atomic E-state index is 0.0950. The lowest BCUT2D eigenvalue weighted by Gasteiger charge is -2.40. The third-order valence-corrected chi connectivity index (χ3v) is 11.5. The number of piperazine rings is 1. The zero-order valence-electron chi connectivity index (χ0n) is 38.9. The maximum absolute atomic E-state index is 13.9. The molecule has 0 saturated carbocycles. The number of nitrogens with two attached hydrogens (primary N) is 2. The van der Waals surface area contributed by atoms with E-state index in [2.05, 4.69) is 37.6 Å². The summed E-state index contributed by atoms with van der Waals surface area (Å²) in [6.07, 6.45) is 2.67. The number of carboxylic acid groups (broad SMARTS) is 1. The van der Waals surface area contributed by atoms with Gasteiger partial charge in [0, 0.05) is 63.5 Å². The molecule has 4 aromatic heterocycles. The number of imidazole rings is 2. The van der Waals surface area contributed by atoms with Gasteiger partial charge in [0.1, 0.15) is 40.5 Å². The number of carbonyl (C=O) groups excluding carboxylic acids is 4. The van der Waals surface area contributed by atoms with Crippen LogP contribution in [0, 0.1) is 25.7 Å². The van der Waals surface area contributed by atoms with Crippen molar-refractivity contribution in [2.75, 3.05) is 50.5 Å². The van der Waals surface area contributed by atoms with Gasteiger partial charge in [-0.25, -0.2) is 14.8 Å². The fourth-order valence-electron chi connectivity index (χ4n) is 8.09. The molecular formula is C46H54N14O8. The predicted octanol–water partition coefficient (Wildman–Crippen LogP) is 3.86. The topological polar surface area (TPSA) is 278 Å². The molecule has 6 aromatic rings. The Morgan fingerprint density at radius 1 is 0.750 bits per heavy atom. The molecule has 7 rings (SSSR count). The molecule has 0 radical (unpaired) electrons. The number of amides is 5. The van der Waals surface area contributed by atoms with Gasteiger partial charge in [-0.15, -0.1) is 0 Å². The number of nitrogens with one attached hydrogen (secondary N) is 2. The number of carbonyl (C=O) groups is 5. The lowest BCUT2D eigenvalue weighted by atomic mass is 10.0. The number of methoxy groups -OCH3 is 1. The number of allylic oxidation sites excluding steroid dienone is 2. The van der Waals surface area contributed by atoms with Crippen LogP contribution < -0.4 is 31.6 Å². The SMILES string of the molecule is CCn1nc(C)cc1C(=O)Nc1nc2cc(C(N)=O)cc(OC)c2n1C/C=C/Cn1c(NC(=O)c2cc(C)nn2CC)nc2cc(C(N)=O)cc(OCC#CC(C)(C)N3CCN(C(=O)O)CC3)c21. The van der Waals surface area contributed by atoms with Crippen LogP contribution in [0.3, 0.4) is 0 Å². The van der Waals surface area contributed by atoms with E-state index in [9.17, 15) is 29.1 Å². The molecular weight excluding hydrogens is 877 g/mol. The van der Waals surface area contributed by atoms with Gasteiger partial charge >= 0.3 is 6.09 Å². The molecule has 7 N–H and O–H groups in total. The van der Waals surface area contributed by atoms with Gasteiger partial charge < -0.3 is 40.1 Å². The molecule has 356 valence electrons. The molecule has 22 heteroatoms. The van der Waals surface area contributed by atoms with Crippen molar-refractivity contribution >= 4 is 63.7 Å². The average Bonchev–Trinajstić information content (AvgIpc) is 4.08. The highest BCUT2D eigenvalue weighted by Gasteiger charge is 2.30. The summed E-state index contributed by atoms with van der Waals surface area (Å²) in [6, 6.07) is 9.37. The summed E-state index contributed by atoms with van der Waals surface area (Å²) < 4.78 is 18.6. The van der Waals surface area contributed by atoms with E-state index in [1.807, 2.05) is 39.8 Å². The van der Waals surface area contributed by atoms with Gasteiger partial charge in [0.05, 0.1) is 35.1 Å². The van der Waals surface area contributed by atoms with Crippen molar-refractivity contribution in [3.8, 4) is 23.3 Å². The quantitative estimate of drug-likeness (QED) is 0.0682. The van der Waals surface area contributed by atoms with Crippen LogP contribution in [0.2, 0.25) is 0 Å². The highest BCUT2D eigenvalue weighted by molar-refractivity contribution is 6.05. The van der Waals surface area contributed by atoms with Crippen molar-refractivity contribution in [1.29, 1.82) is 0 Å². The van der Waals surface area contributed by atoms with Gasteiger partial charge in [0.2, 0.25) is 23.7 Å². The van der Waals surface area contributed by atoms with E-state index in [4.69, 9.17) is 30.9 Å². The lowest BCUT2D eigenvalue weighted by Crippen LogP contribution is -2.55. The van der Waals surface area contributed by atoms with Gasteiger partial charge in [-0.3, -0.25) is 44.1 Å². The third kappa shape index (κ3) is 9.97. The molecule has 22 nitrogen and oxygen atoms in total. The van der Waals surface area contributed by atoms with Gasteiger partial charge in [0.25, 0.3) is 11.8 Å². The summed E-state index contributed by atoms with van der Waals surface area (Å²) in [7, 11) is 1.45. The third-order valence-electron chi connectivity index (χ3n) is 11.5. The number of fused-ring (bicyclic) bond motifs is 2. The lowest BCUT2D eigenvalue weighted by molar-refractivity contribution is 0.0743. The standard InChI is InChI=1S/C46H54N14O8/c1-8-59-33(21-27(3)53-59)41(63)51-43-49-31-23-29(39(47)61)25-35(67-7)37(31)57(43)14-10-11-15-58-38-32(50-44(58)52-42(64)34-22-28(4)54-60(34)9-2)24-30(40(48)62)26-36(38)68-20-12-13-46(5,6)56-18-16-55(17-19-56)45(65)66/h10-11,21-26H,8-9,14-20H2,1-7H3,(H2,47,61)(H2,48,62)(H,65,66)(H,49,51,63)(H,50,52,64)/b11-10+. The Labute approximate surface area is 390 Å². The summed E-state index contributed by atoms with van der Waals surface area (Å²) >= 11 is 0. The fraction of sp³-hybridized carbons (Fsp3) is 0.370. The zero-order chi connectivity index (χ0) is 49.0. The molecule has 2 aromatic carbocycles. The summed E-state index contributed by atoms with van der Waals surface area (Å²) in [5, 5.41) is 24.1. The van der Waals surface area contributed by atoms with Crippen molar-refractivity contribution in [3.05, 3.63) is 82.5 Å². The number of benzene rings is 2. The molecule has 1 saturated heterocycles. The van der Waals surface area contributed by atoms with E-state index >= 15 is 0 Å². The van der Waals surface area contributed by atoms with E-state index in [1.54, 1.807) is 44.5 Å². The minimum atomic E-state index is -0.956. The van der Waals surface area contributed by atoms with Crippen LogP contribution in [-0.2, 0) is 26.2 Å². The Kier molecular flexibility index (Phi) is 13.9. The Morgan fingerprint density at radius 3 is 1.66 bits per heavy atom. The van der Waals surface area contributed by atoms with Crippen LogP contribution in [-0.4, -0.2) is 129 Å². The second kappa shape index (κ2) is 19.7. The molecule has 5 heterocycles. The number of primary amides is 2. The normalized spacial score (nSPS) is 13.2. The van der Waals surface area contributed by atoms with Gasteiger partial charge in [-0.05, 0) is 77.9 Å². The Morgan fingerprint density at radius 2 is 1.22 bits per heavy atom. The maximum Gasteiger partial charge on any atom is 0.407 e. The van der Waals surface area contributed by atoms with Crippen LogP contribution in [0.5, 0.6) is 11.5 Å². The Bertz CT molecular complexity index is 3050. The number of anilines is 2. The number of nitrogens with zero attached hydrogens (tertiary/aromatic N) is 10. The van der Waals surface area contributed by atoms with Crippen LogP contribution in [0.4, 0.5) is 16.7 Å². The Hall–Kier alpha value is -8.19. The molecule has 0 aliphatic carbocycles. The number of hydrogen-bond donors (Lipinski definition) is 5. The molecule has 0 unspecified atom stereocenters. The molecule has 1 aliphatic heterocycles. The summed E-state index contributed by atoms with van der Waals surface area (Å²) in [6.45, 7) is 14.0. The smallest absolute Gasteiger partial charge is 0.407 e. The van der Waals surface area contributed by atoms with Gasteiger partial charge in [-0.1, -0.05) is 24.0 Å². The second-order valence-electron chi connectivity index (χ2n) is 16.5. The first-order valence-electron chi connectivity index (χ1n) is 21.9. The molecule has 0 bridgehead atoms. The van der Waals surface area contributed by atoms with Crippen LogP contribution in [0.15, 0.2) is 48.6 Å². The zero-order valence-corrected chi connectivity index (χ0v) is 38.9. The van der Waals surface area contributed by atoms with Crippen molar-refractivity contribution in [2.24, 2.45) is 11.5 Å². The average molecular weight is 931 g/mol. The van der Waals surface area contributed by atoms with E-state index in [0.29, 0.717) is 89.9 Å². The highest BCUT2D eigenvalue weighted by Crippen LogP contribution is 2.33. The van der Waals surface area contributed by atoms with Crippen LogP contribution in [0.1, 0.15) is 80.8 Å². The second-order valence-corrected chi connectivity index (χ2v) is 16.5. The first-order valence-corrected chi connectivity index (χ1v) is 21.9. The van der Waals surface area contributed by atoms with Gasteiger partial charge in [0.15, 0.2) is 0 Å². The van der Waals surface area contributed by atoms with E-state index in [0.717, 1.165) is 0 Å². The molecule has 0 spiro atoms. The van der Waals surface area contributed by atoms with Crippen molar-refractivity contribution in [1.82, 2.24) is 48.5 Å². The molecule has 5 amide bonds. The number of rotatable bonds is 16. The van der Waals surface area contributed by atoms with Crippen molar-refractivity contribution in [2.45, 2.75) is 73.3 Å². The van der Waals surface area contributed by atoms with Crippen molar-refractivity contribution < 1.29 is 38.6 Å². The molecule has 68 heavy (non-hydrogen) atoms. The van der Waals surface area contributed by atoms with Crippen LogP contribution >= 0.6 is 0 Å². The predicted molar refractivity (Wildman–Crippen MR) is 252 cm³/mol. The van der Waals surface area contributed by atoms with E-state index < -0.39 is 35.3 Å². The summed E-state index contributed by atoms with van der Waals surface area (Å²) in [5.41, 5.74) is 14.6. The molecule has 1 aliphatic rings. The minimum Gasteiger partial charge on any atom is -0.494 e. The van der Waals surface area contributed by atoms with Crippen molar-refractivity contribution in [3.63, 3.8) is 0 Å². The van der Waals surface area contributed by atoms with E-state index in [1.165, 1.54) is 36.3 Å². The summed E-state index contributed by atoms with van der Waals surface area (Å²) in [4.78, 5) is 77.0. The Balaban J connectivity index is 1.25. The monoisotopic (exact) mass is 930 g/mol. The number of aromatic nitrogens is 8. The van der Waals surface area contributed by atoms with Gasteiger partial charge in [-0.2, -0.15) is 10.2 Å². The summed E-state index contributed by atoms with van der Waals surface area (Å²) in [5.74, 6) is 4.78. The van der Waals surface area contributed by atoms with Crippen LogP contribution in [0.25, 0.3) is 22.1 Å². The number of hydrogen-bond acceptors (Lipinski definition) is 12. The number of ether oxygens (including phenoxy) is 2. The van der Waals surface area contributed by atoms with E-state index in [-0.39, 0.29) is 48.5 Å². The highest BCUT2D eigenvalue weighted by atomic mass is 16.5. The fourth-order valence-corrected chi connectivity index (χ4v) is 8.09. The maximum atomic E-state index is 13.9. The molecule has 0 atom stereocenters. The first kappa shape index (κ1) is 47.8. The first-order chi connectivity index (χ1) is 32.4. The number of aryl methyl sites for hydroxylation is 4. The molecule has 1 fully saturated rings. The largest absolute Gasteiger partial charge is 0.494 e.